The molecule has 0 saturated carbocycles. The van der Waals surface area contributed by atoms with Crippen LogP contribution in [-0.4, -0.2) is 30.5 Å². The summed E-state index contributed by atoms with van der Waals surface area (Å²) in [5.41, 5.74) is 1.75. The van der Waals surface area contributed by atoms with Crippen molar-refractivity contribution in [2.45, 2.75) is 30.4 Å². The molecule has 1 aliphatic heterocycles. The maximum absolute atomic E-state index is 12.9. The minimum absolute atomic E-state index is 0.246. The lowest BCUT2D eigenvalue weighted by Crippen LogP contribution is -2.33. The highest BCUT2D eigenvalue weighted by atomic mass is 35.5. The maximum Gasteiger partial charge on any atom is 0.243 e. The summed E-state index contributed by atoms with van der Waals surface area (Å²) in [5, 5.41) is 10.9. The molecule has 3 rings (SSSR count). The van der Waals surface area contributed by atoms with E-state index in [1.807, 2.05) is 6.92 Å². The molecule has 0 amide bonds. The molecule has 122 valence electrons. The van der Waals surface area contributed by atoms with Crippen LogP contribution in [0.4, 0.5) is 0 Å². The molecule has 4 nitrogen and oxygen atoms in total. The van der Waals surface area contributed by atoms with Crippen LogP contribution >= 0.6 is 11.6 Å². The molecule has 2 atom stereocenters. The molecule has 23 heavy (non-hydrogen) atoms. The summed E-state index contributed by atoms with van der Waals surface area (Å²) in [4.78, 5) is 0.246. The van der Waals surface area contributed by atoms with Crippen LogP contribution in [0.15, 0.2) is 53.4 Å². The summed E-state index contributed by atoms with van der Waals surface area (Å²) < 4.78 is 27.2. The van der Waals surface area contributed by atoms with Crippen LogP contribution in [0.5, 0.6) is 0 Å². The molecule has 2 aromatic rings. The first kappa shape index (κ1) is 16.5. The lowest BCUT2D eigenvalue weighted by atomic mass is 10.0. The van der Waals surface area contributed by atoms with E-state index in [4.69, 9.17) is 11.6 Å². The third-order valence-corrected chi connectivity index (χ3v) is 6.31. The summed E-state index contributed by atoms with van der Waals surface area (Å²) >= 11 is 5.90. The fraction of sp³-hybridized carbons (Fsp3) is 0.294. The van der Waals surface area contributed by atoms with E-state index in [-0.39, 0.29) is 4.90 Å². The molecule has 1 N–H and O–H groups in total. The second-order valence-corrected chi connectivity index (χ2v) is 8.11. The third-order valence-electron chi connectivity index (χ3n) is 4.16. The van der Waals surface area contributed by atoms with E-state index < -0.39 is 22.2 Å². The minimum Gasteiger partial charge on any atom is -0.391 e. The molecule has 1 saturated heterocycles. The van der Waals surface area contributed by atoms with Gasteiger partial charge in [-0.25, -0.2) is 8.42 Å². The van der Waals surface area contributed by atoms with Gasteiger partial charge in [0.15, 0.2) is 0 Å². The third kappa shape index (κ3) is 3.15. The summed E-state index contributed by atoms with van der Waals surface area (Å²) in [6.45, 7) is 2.21. The van der Waals surface area contributed by atoms with Crippen molar-refractivity contribution in [1.29, 1.82) is 0 Å². The van der Waals surface area contributed by atoms with Crippen molar-refractivity contribution in [1.82, 2.24) is 4.31 Å². The van der Waals surface area contributed by atoms with E-state index >= 15 is 0 Å². The topological polar surface area (TPSA) is 57.6 Å². The monoisotopic (exact) mass is 351 g/mol. The van der Waals surface area contributed by atoms with Gasteiger partial charge in [0, 0.05) is 11.6 Å². The summed E-state index contributed by atoms with van der Waals surface area (Å²) in [6, 6.07) is 13.1. The molecule has 6 heteroatoms. The van der Waals surface area contributed by atoms with Crippen LogP contribution in [0.3, 0.4) is 0 Å². The van der Waals surface area contributed by atoms with Gasteiger partial charge < -0.3 is 5.11 Å². The number of halogens is 1. The molecule has 1 heterocycles. The fourth-order valence-corrected chi connectivity index (χ4v) is 4.70. The molecule has 0 bridgehead atoms. The Kier molecular flexibility index (Phi) is 4.47. The van der Waals surface area contributed by atoms with Crippen LogP contribution in [0.25, 0.3) is 0 Å². The van der Waals surface area contributed by atoms with Crippen molar-refractivity contribution < 1.29 is 13.5 Å². The first-order chi connectivity index (χ1) is 10.9. The Morgan fingerprint density at radius 3 is 2.30 bits per heavy atom. The van der Waals surface area contributed by atoms with Crippen molar-refractivity contribution in [2.24, 2.45) is 0 Å². The number of sulfonamides is 1. The Morgan fingerprint density at radius 2 is 1.70 bits per heavy atom. The van der Waals surface area contributed by atoms with Crippen molar-refractivity contribution in [3.8, 4) is 0 Å². The molecule has 0 unspecified atom stereocenters. The Morgan fingerprint density at radius 1 is 1.09 bits per heavy atom. The number of rotatable bonds is 3. The lowest BCUT2D eigenvalue weighted by molar-refractivity contribution is 0.143. The molecule has 0 spiro atoms. The van der Waals surface area contributed by atoms with E-state index in [9.17, 15) is 13.5 Å². The average Bonchev–Trinajstić information content (AvgIpc) is 2.91. The number of aliphatic hydroxyl groups excluding tert-OH is 1. The maximum atomic E-state index is 12.9. The van der Waals surface area contributed by atoms with Gasteiger partial charge in [-0.05, 0) is 43.2 Å². The second-order valence-electron chi connectivity index (χ2n) is 5.78. The van der Waals surface area contributed by atoms with Gasteiger partial charge in [-0.15, -0.1) is 0 Å². The molecule has 2 aromatic carbocycles. The summed E-state index contributed by atoms with van der Waals surface area (Å²) in [7, 11) is -3.66. The molecule has 0 aliphatic carbocycles. The smallest absolute Gasteiger partial charge is 0.243 e. The van der Waals surface area contributed by atoms with E-state index in [2.05, 4.69) is 0 Å². The predicted octanol–water partition coefficient (Wildman–Crippen LogP) is 3.15. The second kappa shape index (κ2) is 6.24. The zero-order valence-electron chi connectivity index (χ0n) is 12.7. The molecule has 0 aromatic heterocycles. The fourth-order valence-electron chi connectivity index (χ4n) is 2.91. The van der Waals surface area contributed by atoms with Gasteiger partial charge in [-0.1, -0.05) is 41.4 Å². The minimum atomic E-state index is -3.66. The lowest BCUT2D eigenvalue weighted by Gasteiger charge is -2.26. The van der Waals surface area contributed by atoms with Gasteiger partial charge in [0.1, 0.15) is 0 Å². The zero-order chi connectivity index (χ0) is 16.6. The van der Waals surface area contributed by atoms with E-state index in [0.29, 0.717) is 18.0 Å². The van der Waals surface area contributed by atoms with E-state index in [0.717, 1.165) is 11.1 Å². The van der Waals surface area contributed by atoms with Crippen LogP contribution < -0.4 is 0 Å². The van der Waals surface area contributed by atoms with Crippen LogP contribution in [-0.2, 0) is 10.0 Å². The van der Waals surface area contributed by atoms with Gasteiger partial charge in [0.25, 0.3) is 0 Å². The number of aryl methyl sites for hydroxylation is 1. The van der Waals surface area contributed by atoms with Crippen molar-refractivity contribution in [3.63, 3.8) is 0 Å². The molecule has 1 fully saturated rings. The number of hydrogen-bond acceptors (Lipinski definition) is 3. The van der Waals surface area contributed by atoms with Crippen LogP contribution in [0, 0.1) is 6.92 Å². The Bertz CT molecular complexity index is 788. The number of hydrogen-bond donors (Lipinski definition) is 1. The van der Waals surface area contributed by atoms with E-state index in [1.54, 1.807) is 48.5 Å². The van der Waals surface area contributed by atoms with Gasteiger partial charge in [-0.3, -0.25) is 0 Å². The standard InChI is InChI=1S/C17H18ClNO3S/c1-12-2-8-15(9-3-12)23(21,22)19-11-10-16(20)17(19)13-4-6-14(18)7-5-13/h2-9,16-17,20H,10-11H2,1H3/t16-,17+/m0/s1. The van der Waals surface area contributed by atoms with Crippen molar-refractivity contribution >= 4 is 21.6 Å². The molecule has 1 aliphatic rings. The molecular weight excluding hydrogens is 334 g/mol. The Balaban J connectivity index is 2.00. The van der Waals surface area contributed by atoms with Gasteiger partial charge >= 0.3 is 0 Å². The highest BCUT2D eigenvalue weighted by molar-refractivity contribution is 7.89. The summed E-state index contributed by atoms with van der Waals surface area (Å²) in [5.74, 6) is 0. The Hall–Kier alpha value is -1.40. The van der Waals surface area contributed by atoms with Crippen LogP contribution in [0.1, 0.15) is 23.6 Å². The Labute approximate surface area is 141 Å². The van der Waals surface area contributed by atoms with Crippen molar-refractivity contribution in [3.05, 3.63) is 64.7 Å². The van der Waals surface area contributed by atoms with Gasteiger partial charge in [-0.2, -0.15) is 4.31 Å². The number of aliphatic hydroxyl groups is 1. The zero-order valence-corrected chi connectivity index (χ0v) is 14.3. The van der Waals surface area contributed by atoms with E-state index in [1.165, 1.54) is 4.31 Å². The van der Waals surface area contributed by atoms with Crippen LogP contribution in [0.2, 0.25) is 5.02 Å². The SMILES string of the molecule is Cc1ccc(S(=O)(=O)N2CC[C@H](O)[C@H]2c2ccc(Cl)cc2)cc1. The number of nitrogens with zero attached hydrogens (tertiary/aromatic N) is 1. The largest absolute Gasteiger partial charge is 0.391 e. The first-order valence-corrected chi connectivity index (χ1v) is 9.23. The molecular formula is C17H18ClNO3S. The highest BCUT2D eigenvalue weighted by Gasteiger charge is 2.41. The van der Waals surface area contributed by atoms with Gasteiger partial charge in [0.05, 0.1) is 17.0 Å². The molecule has 0 radical (unpaired) electrons. The first-order valence-electron chi connectivity index (χ1n) is 7.41. The van der Waals surface area contributed by atoms with Crippen molar-refractivity contribution in [2.75, 3.05) is 6.54 Å². The van der Waals surface area contributed by atoms with Gasteiger partial charge in [0.2, 0.25) is 10.0 Å². The quantitative estimate of drug-likeness (QED) is 0.924. The average molecular weight is 352 g/mol. The predicted molar refractivity (Wildman–Crippen MR) is 89.9 cm³/mol. The summed E-state index contributed by atoms with van der Waals surface area (Å²) in [6.07, 6.45) is -0.310. The highest BCUT2D eigenvalue weighted by Crippen LogP contribution is 2.37. The number of benzene rings is 2. The normalized spacial score (nSPS) is 22.4.